The van der Waals surface area contributed by atoms with Gasteiger partial charge in [-0.15, -0.1) is 10.2 Å². The summed E-state index contributed by atoms with van der Waals surface area (Å²) in [6.07, 6.45) is 14.9. The molecule has 2 unspecified atom stereocenters. The molecule has 4 aromatic rings. The SMILES string of the molecule is C=Cc1ccc(CSc2nnc(SC3=C(/C=C/C4C(C)c5ccccc5C4(C)C)CCC/C3=C\C=C3\N(C)c4ccccc4C3(C)C)s2)cc1. The van der Waals surface area contributed by atoms with Gasteiger partial charge in [-0.1, -0.05) is 167 Å². The van der Waals surface area contributed by atoms with Crippen LogP contribution in [0.1, 0.15) is 87.6 Å². The monoisotopic (exact) mass is 713 g/mol. The Morgan fingerprint density at radius 3 is 2.36 bits per heavy atom. The molecule has 2 atom stereocenters. The number of hydrogen-bond donors (Lipinski definition) is 0. The number of likely N-dealkylation sites (N-methyl/N-ethyl adjacent to an activating group) is 1. The van der Waals surface area contributed by atoms with Crippen molar-refractivity contribution in [2.75, 3.05) is 11.9 Å². The summed E-state index contributed by atoms with van der Waals surface area (Å²) < 4.78 is 2.01. The summed E-state index contributed by atoms with van der Waals surface area (Å²) in [6, 6.07) is 26.4. The zero-order chi connectivity index (χ0) is 35.0. The first kappa shape index (κ1) is 34.9. The van der Waals surface area contributed by atoms with E-state index >= 15 is 0 Å². The Morgan fingerprint density at radius 1 is 0.900 bits per heavy atom. The minimum Gasteiger partial charge on any atom is -0.347 e. The normalized spacial score (nSPS) is 22.5. The number of nitrogens with zero attached hydrogens (tertiary/aromatic N) is 3. The number of hydrogen-bond acceptors (Lipinski definition) is 6. The van der Waals surface area contributed by atoms with Crippen LogP contribution in [-0.2, 0) is 16.6 Å². The zero-order valence-electron chi connectivity index (χ0n) is 30.1. The van der Waals surface area contributed by atoms with E-state index in [-0.39, 0.29) is 10.8 Å². The molecular weight excluding hydrogens is 667 g/mol. The van der Waals surface area contributed by atoms with E-state index in [2.05, 4.69) is 155 Å². The fourth-order valence-electron chi connectivity index (χ4n) is 8.22. The van der Waals surface area contributed by atoms with E-state index in [0.29, 0.717) is 11.8 Å². The zero-order valence-corrected chi connectivity index (χ0v) is 32.5. The van der Waals surface area contributed by atoms with Crippen molar-refractivity contribution in [2.45, 2.75) is 85.1 Å². The third-order valence-corrected chi connectivity index (χ3v) is 14.4. The third-order valence-electron chi connectivity index (χ3n) is 11.0. The van der Waals surface area contributed by atoms with Crippen LogP contribution in [0.25, 0.3) is 6.08 Å². The molecule has 2 heterocycles. The largest absolute Gasteiger partial charge is 0.347 e. The van der Waals surface area contributed by atoms with Gasteiger partial charge in [0.1, 0.15) is 0 Å². The second-order valence-corrected chi connectivity index (χ2v) is 18.3. The molecule has 1 aliphatic heterocycles. The van der Waals surface area contributed by atoms with Gasteiger partial charge in [0, 0.05) is 34.5 Å². The van der Waals surface area contributed by atoms with Gasteiger partial charge in [0.25, 0.3) is 0 Å². The summed E-state index contributed by atoms with van der Waals surface area (Å²) in [5.41, 5.74) is 12.2. The fourth-order valence-corrected chi connectivity index (χ4v) is 11.4. The molecule has 1 aromatic heterocycles. The average molecular weight is 714 g/mol. The number of benzene rings is 3. The lowest BCUT2D eigenvalue weighted by molar-refractivity contribution is 0.381. The summed E-state index contributed by atoms with van der Waals surface area (Å²) in [4.78, 5) is 3.71. The highest BCUT2D eigenvalue weighted by molar-refractivity contribution is 8.05. The number of para-hydroxylation sites is 1. The first-order valence-corrected chi connectivity index (χ1v) is 20.3. The maximum Gasteiger partial charge on any atom is 0.179 e. The molecule has 0 bridgehead atoms. The Morgan fingerprint density at radius 2 is 1.62 bits per heavy atom. The molecule has 2 aliphatic carbocycles. The highest BCUT2D eigenvalue weighted by Crippen LogP contribution is 2.52. The van der Waals surface area contributed by atoms with Crippen molar-refractivity contribution in [3.8, 4) is 0 Å². The maximum atomic E-state index is 4.71. The minimum absolute atomic E-state index is 0.0621. The van der Waals surface area contributed by atoms with E-state index in [0.717, 1.165) is 39.3 Å². The smallest absolute Gasteiger partial charge is 0.179 e. The molecule has 7 rings (SSSR count). The molecule has 0 saturated carbocycles. The standard InChI is InChI=1S/C44H47N3S3/c1-8-30-20-22-31(23-21-30)28-48-41-45-46-42(50-41)49-40-32(24-26-35-29(2)34-16-9-10-17-36(34)43(35,3)4)14-13-15-33(40)25-27-39-44(5,6)37-18-11-12-19-38(37)47(39)7/h8-12,16-27,29,35H,1,13-15,28H2,2-7H3/b26-24+,33-25+,39-27+. The molecule has 0 fully saturated rings. The van der Waals surface area contributed by atoms with Crippen LogP contribution < -0.4 is 4.90 Å². The summed E-state index contributed by atoms with van der Waals surface area (Å²) >= 11 is 5.27. The Hall–Kier alpha value is -3.58. The molecule has 0 saturated heterocycles. The molecule has 0 spiro atoms. The predicted molar refractivity (Wildman–Crippen MR) is 217 cm³/mol. The minimum atomic E-state index is -0.0621. The molecule has 6 heteroatoms. The van der Waals surface area contributed by atoms with Crippen LogP contribution in [0.2, 0.25) is 0 Å². The van der Waals surface area contributed by atoms with Gasteiger partial charge in [0.05, 0.1) is 0 Å². The van der Waals surface area contributed by atoms with Crippen LogP contribution in [0.15, 0.2) is 134 Å². The van der Waals surface area contributed by atoms with Crippen LogP contribution in [-0.4, -0.2) is 17.2 Å². The van der Waals surface area contributed by atoms with Crippen molar-refractivity contribution >= 4 is 46.6 Å². The molecule has 50 heavy (non-hydrogen) atoms. The van der Waals surface area contributed by atoms with Gasteiger partial charge in [0.2, 0.25) is 0 Å². The molecule has 0 radical (unpaired) electrons. The Kier molecular flexibility index (Phi) is 9.90. The van der Waals surface area contributed by atoms with Crippen molar-refractivity contribution in [1.82, 2.24) is 10.2 Å². The van der Waals surface area contributed by atoms with E-state index in [9.17, 15) is 0 Å². The summed E-state index contributed by atoms with van der Waals surface area (Å²) in [7, 11) is 2.20. The van der Waals surface area contributed by atoms with Gasteiger partial charge in [-0.25, -0.2) is 0 Å². The van der Waals surface area contributed by atoms with Crippen molar-refractivity contribution < 1.29 is 0 Å². The fraction of sp³-hybridized carbons (Fsp3) is 0.318. The highest BCUT2D eigenvalue weighted by Gasteiger charge is 2.42. The van der Waals surface area contributed by atoms with Crippen molar-refractivity contribution in [1.29, 1.82) is 0 Å². The van der Waals surface area contributed by atoms with Crippen LogP contribution in [0.5, 0.6) is 0 Å². The number of fused-ring (bicyclic) bond motifs is 2. The molecule has 3 aromatic carbocycles. The summed E-state index contributed by atoms with van der Waals surface area (Å²) in [5.74, 6) is 1.79. The Balaban J connectivity index is 1.21. The third kappa shape index (κ3) is 6.63. The second-order valence-electron chi connectivity index (χ2n) is 14.8. The number of allylic oxidation sites excluding steroid dienone is 7. The first-order chi connectivity index (χ1) is 24.1. The Labute approximate surface area is 311 Å². The van der Waals surface area contributed by atoms with Gasteiger partial charge in [0.15, 0.2) is 8.68 Å². The van der Waals surface area contributed by atoms with Gasteiger partial charge >= 0.3 is 0 Å². The number of anilines is 1. The van der Waals surface area contributed by atoms with E-state index < -0.39 is 0 Å². The van der Waals surface area contributed by atoms with Gasteiger partial charge in [-0.2, -0.15) is 0 Å². The topological polar surface area (TPSA) is 29.0 Å². The van der Waals surface area contributed by atoms with Crippen molar-refractivity contribution in [3.63, 3.8) is 0 Å². The lowest BCUT2D eigenvalue weighted by atomic mass is 9.76. The quantitative estimate of drug-likeness (QED) is 0.161. The van der Waals surface area contributed by atoms with E-state index in [1.165, 1.54) is 49.7 Å². The lowest BCUT2D eigenvalue weighted by Gasteiger charge is -2.28. The molecule has 3 aliphatic rings. The maximum absolute atomic E-state index is 4.71. The average Bonchev–Trinajstić information content (AvgIpc) is 3.71. The second kappa shape index (κ2) is 14.2. The van der Waals surface area contributed by atoms with Crippen molar-refractivity contribution in [2.24, 2.45) is 5.92 Å². The first-order valence-electron chi connectivity index (χ1n) is 17.7. The van der Waals surface area contributed by atoms with Gasteiger partial charge < -0.3 is 4.90 Å². The highest BCUT2D eigenvalue weighted by atomic mass is 32.2. The number of aromatic nitrogens is 2. The number of rotatable bonds is 9. The summed E-state index contributed by atoms with van der Waals surface area (Å²) in [5, 5.41) is 9.32. The van der Waals surface area contributed by atoms with E-state index in [4.69, 9.17) is 5.10 Å². The number of thioether (sulfide) groups is 2. The molecule has 256 valence electrons. The molecular formula is C44H47N3S3. The summed E-state index contributed by atoms with van der Waals surface area (Å²) in [6.45, 7) is 15.8. The Bertz CT molecular complexity index is 2020. The predicted octanol–water partition coefficient (Wildman–Crippen LogP) is 12.5. The molecule has 0 N–H and O–H groups in total. The van der Waals surface area contributed by atoms with Crippen LogP contribution >= 0.6 is 34.9 Å². The van der Waals surface area contributed by atoms with Gasteiger partial charge in [-0.3, -0.25) is 0 Å². The van der Waals surface area contributed by atoms with Crippen LogP contribution in [0, 0.1) is 5.92 Å². The molecule has 3 nitrogen and oxygen atoms in total. The van der Waals surface area contributed by atoms with E-state index in [1.807, 2.05) is 6.08 Å². The van der Waals surface area contributed by atoms with Crippen molar-refractivity contribution in [3.05, 3.63) is 153 Å². The van der Waals surface area contributed by atoms with E-state index in [1.54, 1.807) is 34.9 Å². The lowest BCUT2D eigenvalue weighted by Crippen LogP contribution is -2.23. The van der Waals surface area contributed by atoms with Crippen LogP contribution in [0.4, 0.5) is 5.69 Å². The van der Waals surface area contributed by atoms with Crippen LogP contribution in [0.3, 0.4) is 0 Å². The van der Waals surface area contributed by atoms with Gasteiger partial charge in [-0.05, 0) is 87.6 Å². The molecule has 0 amide bonds.